The first-order chi connectivity index (χ1) is 7.71. The number of carbonyl (C=O) groups is 2. The molecule has 0 atom stereocenters. The molecule has 0 fully saturated rings. The van der Waals surface area contributed by atoms with Crippen LogP contribution in [0.4, 0.5) is 0 Å². The molecule has 0 aliphatic carbocycles. The lowest BCUT2D eigenvalue weighted by Gasteiger charge is -2.03. The largest absolute Gasteiger partial charge is 0.300 e. The Labute approximate surface area is 103 Å². The normalized spacial score (nSPS) is 11.2. The quantitative estimate of drug-likeness (QED) is 0.514. The summed E-state index contributed by atoms with van der Waals surface area (Å²) in [5.74, 6) is -0.758. The minimum Gasteiger partial charge on any atom is -0.300 e. The number of benzene rings is 1. The van der Waals surface area contributed by atoms with Gasteiger partial charge in [0.15, 0.2) is 5.78 Å². The van der Waals surface area contributed by atoms with Gasteiger partial charge in [0.05, 0.1) is 11.4 Å². The zero-order chi connectivity index (χ0) is 13.2. The number of Topliss-reactive ketones (excluding diaryl/α,β-unsaturated/α-hetero) is 2. The van der Waals surface area contributed by atoms with Gasteiger partial charge in [0, 0.05) is 5.56 Å². The second kappa shape index (κ2) is 4.95. The zero-order valence-corrected chi connectivity index (χ0v) is 10.4. The lowest BCUT2D eigenvalue weighted by Crippen LogP contribution is -2.06. The lowest BCUT2D eigenvalue weighted by molar-refractivity contribution is -0.116. The van der Waals surface area contributed by atoms with Gasteiger partial charge in [0.2, 0.25) is 0 Å². The van der Waals surface area contributed by atoms with Crippen molar-refractivity contribution in [3.8, 4) is 0 Å². The van der Waals surface area contributed by atoms with Gasteiger partial charge in [-0.05, 0) is 25.1 Å². The average Bonchev–Trinajstić information content (AvgIpc) is 2.14. The number of halogens is 1. The molecule has 0 unspecified atom stereocenters. The molecule has 0 radical (unpaired) electrons. The fourth-order valence-electron chi connectivity index (χ4n) is 1.21. The molecule has 0 aromatic heterocycles. The van der Waals surface area contributed by atoms with Crippen molar-refractivity contribution < 1.29 is 22.6 Å². The summed E-state index contributed by atoms with van der Waals surface area (Å²) in [4.78, 5) is 21.8. The topological polar surface area (TPSA) is 88.5 Å². The van der Waals surface area contributed by atoms with Crippen LogP contribution in [0.1, 0.15) is 23.7 Å². The number of hydrogen-bond donors (Lipinski definition) is 1. The molecular formula is C10H9ClO5S. The van der Waals surface area contributed by atoms with Crippen LogP contribution in [0, 0.1) is 0 Å². The van der Waals surface area contributed by atoms with Gasteiger partial charge in [-0.1, -0.05) is 11.6 Å². The van der Waals surface area contributed by atoms with E-state index in [0.29, 0.717) is 0 Å². The molecule has 0 heterocycles. The highest BCUT2D eigenvalue weighted by atomic mass is 35.5. The fourth-order valence-corrected chi connectivity index (χ4v) is 2.23. The van der Waals surface area contributed by atoms with Gasteiger partial charge in [0.25, 0.3) is 10.1 Å². The van der Waals surface area contributed by atoms with Crippen LogP contribution in [0.2, 0.25) is 5.02 Å². The molecule has 0 saturated carbocycles. The summed E-state index contributed by atoms with van der Waals surface area (Å²) in [6, 6.07) is 3.32. The first-order valence-electron chi connectivity index (χ1n) is 4.51. The predicted octanol–water partition coefficient (Wildman–Crippen LogP) is 1.75. The van der Waals surface area contributed by atoms with Gasteiger partial charge in [-0.25, -0.2) is 0 Å². The molecule has 0 aliphatic rings. The van der Waals surface area contributed by atoms with E-state index in [1.165, 1.54) is 13.0 Å². The van der Waals surface area contributed by atoms with Gasteiger partial charge in [0.1, 0.15) is 10.7 Å². The second-order valence-corrected chi connectivity index (χ2v) is 5.22. The number of rotatable bonds is 4. The zero-order valence-electron chi connectivity index (χ0n) is 8.81. The van der Waals surface area contributed by atoms with E-state index in [-0.39, 0.29) is 22.8 Å². The summed E-state index contributed by atoms with van der Waals surface area (Å²) in [5, 5.41) is -0.262. The summed E-state index contributed by atoms with van der Waals surface area (Å²) in [6.07, 6.45) is -0.276. The standard InChI is InChI=1S/C10H9ClO5S/c1-6(12)4-9(13)7-2-3-10(8(11)5-7)17(14,15)16/h2-3,5H,4H2,1H3,(H,14,15,16). The third kappa shape index (κ3) is 3.62. The minimum atomic E-state index is -4.41. The van der Waals surface area contributed by atoms with E-state index in [9.17, 15) is 18.0 Å². The number of ketones is 2. The van der Waals surface area contributed by atoms with E-state index in [0.717, 1.165) is 12.1 Å². The number of hydrogen-bond acceptors (Lipinski definition) is 4. The Morgan fingerprint density at radius 1 is 1.35 bits per heavy atom. The molecule has 92 valence electrons. The Balaban J connectivity index is 3.14. The van der Waals surface area contributed by atoms with Crippen molar-refractivity contribution in [2.24, 2.45) is 0 Å². The maximum atomic E-state index is 11.5. The summed E-state index contributed by atoms with van der Waals surface area (Å²) in [7, 11) is -4.41. The maximum Gasteiger partial charge on any atom is 0.296 e. The van der Waals surface area contributed by atoms with Crippen LogP contribution in [0.15, 0.2) is 23.1 Å². The van der Waals surface area contributed by atoms with Crippen LogP contribution in [-0.2, 0) is 14.9 Å². The predicted molar refractivity (Wildman–Crippen MR) is 60.9 cm³/mol. The number of carbonyl (C=O) groups excluding carboxylic acids is 2. The molecule has 0 aliphatic heterocycles. The van der Waals surface area contributed by atoms with Gasteiger partial charge >= 0.3 is 0 Å². The summed E-state index contributed by atoms with van der Waals surface area (Å²) in [6.45, 7) is 1.27. The second-order valence-electron chi connectivity index (χ2n) is 3.42. The molecule has 1 aromatic rings. The molecule has 17 heavy (non-hydrogen) atoms. The Morgan fingerprint density at radius 3 is 2.35 bits per heavy atom. The Hall–Kier alpha value is -1.24. The highest BCUT2D eigenvalue weighted by Gasteiger charge is 2.17. The van der Waals surface area contributed by atoms with Gasteiger partial charge in [-0.2, -0.15) is 8.42 Å². The van der Waals surface area contributed by atoms with Crippen molar-refractivity contribution in [1.82, 2.24) is 0 Å². The molecule has 5 nitrogen and oxygen atoms in total. The van der Waals surface area contributed by atoms with Crippen molar-refractivity contribution in [3.63, 3.8) is 0 Å². The molecule has 0 amide bonds. The Morgan fingerprint density at radius 2 is 1.94 bits per heavy atom. The third-order valence-electron chi connectivity index (χ3n) is 1.94. The van der Waals surface area contributed by atoms with Crippen LogP contribution in [0.5, 0.6) is 0 Å². The molecular weight excluding hydrogens is 268 g/mol. The van der Waals surface area contributed by atoms with Crippen molar-refractivity contribution >= 4 is 33.3 Å². The van der Waals surface area contributed by atoms with Crippen LogP contribution in [0.3, 0.4) is 0 Å². The summed E-state index contributed by atoms with van der Waals surface area (Å²) in [5.41, 5.74) is 0.123. The monoisotopic (exact) mass is 276 g/mol. The average molecular weight is 277 g/mol. The molecule has 0 saturated heterocycles. The fraction of sp³-hybridized carbons (Fsp3) is 0.200. The molecule has 0 bridgehead atoms. The van der Waals surface area contributed by atoms with E-state index in [1.807, 2.05) is 0 Å². The van der Waals surface area contributed by atoms with Crippen molar-refractivity contribution in [2.75, 3.05) is 0 Å². The van der Waals surface area contributed by atoms with Gasteiger partial charge in [-0.15, -0.1) is 0 Å². The van der Waals surface area contributed by atoms with Crippen LogP contribution in [0.25, 0.3) is 0 Å². The maximum absolute atomic E-state index is 11.5. The molecule has 7 heteroatoms. The highest BCUT2D eigenvalue weighted by molar-refractivity contribution is 7.86. The van der Waals surface area contributed by atoms with Gasteiger partial charge in [-0.3, -0.25) is 14.1 Å². The van der Waals surface area contributed by atoms with Gasteiger partial charge < -0.3 is 0 Å². The van der Waals surface area contributed by atoms with Crippen molar-refractivity contribution in [2.45, 2.75) is 18.2 Å². The van der Waals surface area contributed by atoms with Crippen molar-refractivity contribution in [1.29, 1.82) is 0 Å². The Bertz CT molecular complexity index is 576. The lowest BCUT2D eigenvalue weighted by atomic mass is 10.1. The Kier molecular flexibility index (Phi) is 4.03. The molecule has 1 rings (SSSR count). The van der Waals surface area contributed by atoms with E-state index >= 15 is 0 Å². The smallest absolute Gasteiger partial charge is 0.296 e. The van der Waals surface area contributed by atoms with E-state index in [1.54, 1.807) is 0 Å². The highest BCUT2D eigenvalue weighted by Crippen LogP contribution is 2.23. The van der Waals surface area contributed by atoms with Crippen molar-refractivity contribution in [3.05, 3.63) is 28.8 Å². The first-order valence-corrected chi connectivity index (χ1v) is 6.33. The first kappa shape index (κ1) is 13.8. The van der Waals surface area contributed by atoms with Crippen LogP contribution < -0.4 is 0 Å². The molecule has 0 spiro atoms. The third-order valence-corrected chi connectivity index (χ3v) is 3.28. The molecule has 1 aromatic carbocycles. The molecule has 1 N–H and O–H groups in total. The van der Waals surface area contributed by atoms with E-state index < -0.39 is 20.8 Å². The SMILES string of the molecule is CC(=O)CC(=O)c1ccc(S(=O)(=O)O)c(Cl)c1. The summed E-state index contributed by atoms with van der Waals surface area (Å²) >= 11 is 5.62. The minimum absolute atomic E-state index is 0.123. The summed E-state index contributed by atoms with van der Waals surface area (Å²) < 4.78 is 30.5. The van der Waals surface area contributed by atoms with Crippen LogP contribution in [-0.4, -0.2) is 24.5 Å². The van der Waals surface area contributed by atoms with E-state index in [4.69, 9.17) is 16.2 Å². The van der Waals surface area contributed by atoms with E-state index in [2.05, 4.69) is 0 Å². The van der Waals surface area contributed by atoms with Crippen LogP contribution >= 0.6 is 11.6 Å².